The van der Waals surface area contributed by atoms with E-state index in [1.807, 2.05) is 48.5 Å². The summed E-state index contributed by atoms with van der Waals surface area (Å²) in [6.07, 6.45) is 1.65. The highest BCUT2D eigenvalue weighted by atomic mass is 79.9. The number of aromatic nitrogens is 2. The molecule has 0 aliphatic carbocycles. The smallest absolute Gasteiger partial charge is 0.210 e. The van der Waals surface area contributed by atoms with Gasteiger partial charge in [0.05, 0.1) is 15.9 Å². The third-order valence-electron chi connectivity index (χ3n) is 4.13. The van der Waals surface area contributed by atoms with Crippen molar-refractivity contribution in [1.82, 2.24) is 9.97 Å². The molecule has 0 unspecified atom stereocenters. The molecular formula is C21H15BrN2O2S. The SMILES string of the molecule is O=S(=O)(/C(=C/c1ccc(Br)cc1)c1nc2ccccc2[nH]1)c1ccccc1. The van der Waals surface area contributed by atoms with E-state index in [4.69, 9.17) is 0 Å². The van der Waals surface area contributed by atoms with Gasteiger partial charge in [0, 0.05) is 4.47 Å². The van der Waals surface area contributed by atoms with Crippen molar-refractivity contribution in [3.8, 4) is 0 Å². The van der Waals surface area contributed by atoms with Crippen LogP contribution >= 0.6 is 15.9 Å². The molecule has 0 spiro atoms. The van der Waals surface area contributed by atoms with Crippen molar-refractivity contribution in [3.63, 3.8) is 0 Å². The summed E-state index contributed by atoms with van der Waals surface area (Å²) in [5.74, 6) is 0.322. The van der Waals surface area contributed by atoms with Crippen molar-refractivity contribution < 1.29 is 8.42 Å². The lowest BCUT2D eigenvalue weighted by Gasteiger charge is -2.08. The predicted octanol–water partition coefficient (Wildman–Crippen LogP) is 5.30. The van der Waals surface area contributed by atoms with Gasteiger partial charge < -0.3 is 4.98 Å². The minimum absolute atomic E-state index is 0.132. The van der Waals surface area contributed by atoms with Crippen LogP contribution in [-0.2, 0) is 9.84 Å². The molecule has 6 heteroatoms. The van der Waals surface area contributed by atoms with Crippen molar-refractivity contribution in [2.45, 2.75) is 4.90 Å². The molecule has 0 fully saturated rings. The van der Waals surface area contributed by atoms with Crippen LogP contribution in [0.2, 0.25) is 0 Å². The normalized spacial score (nSPS) is 12.4. The maximum absolute atomic E-state index is 13.3. The van der Waals surface area contributed by atoms with Gasteiger partial charge in [-0.25, -0.2) is 13.4 Å². The van der Waals surface area contributed by atoms with Crippen LogP contribution in [0, 0.1) is 0 Å². The van der Waals surface area contributed by atoms with E-state index in [2.05, 4.69) is 25.9 Å². The van der Waals surface area contributed by atoms with Gasteiger partial charge in [0.15, 0.2) is 0 Å². The van der Waals surface area contributed by atoms with E-state index in [0.717, 1.165) is 21.1 Å². The number of rotatable bonds is 4. The number of para-hydroxylation sites is 2. The first-order valence-electron chi connectivity index (χ1n) is 8.26. The number of hydrogen-bond donors (Lipinski definition) is 1. The van der Waals surface area contributed by atoms with Crippen molar-refractivity contribution in [2.75, 3.05) is 0 Å². The van der Waals surface area contributed by atoms with E-state index in [-0.39, 0.29) is 9.80 Å². The quantitative estimate of drug-likeness (QED) is 0.470. The fourth-order valence-corrected chi connectivity index (χ4v) is 4.46. The fraction of sp³-hybridized carbons (Fsp3) is 0. The van der Waals surface area contributed by atoms with Crippen LogP contribution in [0.15, 0.2) is 88.2 Å². The van der Waals surface area contributed by atoms with Crippen molar-refractivity contribution in [2.24, 2.45) is 0 Å². The second-order valence-electron chi connectivity index (χ2n) is 5.98. The van der Waals surface area contributed by atoms with Crippen LogP contribution in [-0.4, -0.2) is 18.4 Å². The van der Waals surface area contributed by atoms with Gasteiger partial charge in [0.2, 0.25) is 9.84 Å². The number of halogens is 1. The third kappa shape index (κ3) is 3.59. The minimum atomic E-state index is -3.75. The Bertz CT molecular complexity index is 1200. The van der Waals surface area contributed by atoms with Crippen LogP contribution in [0.4, 0.5) is 0 Å². The van der Waals surface area contributed by atoms with E-state index < -0.39 is 9.84 Å². The number of sulfone groups is 1. The summed E-state index contributed by atoms with van der Waals surface area (Å²) in [6.45, 7) is 0. The molecule has 4 nitrogen and oxygen atoms in total. The first kappa shape index (κ1) is 17.7. The number of nitrogens with one attached hydrogen (secondary N) is 1. The molecule has 0 saturated heterocycles. The zero-order valence-corrected chi connectivity index (χ0v) is 16.5. The number of H-pyrrole nitrogens is 1. The number of hydrogen-bond acceptors (Lipinski definition) is 3. The molecule has 1 heterocycles. The highest BCUT2D eigenvalue weighted by molar-refractivity contribution is 9.10. The third-order valence-corrected chi connectivity index (χ3v) is 6.45. The lowest BCUT2D eigenvalue weighted by Crippen LogP contribution is -2.05. The van der Waals surface area contributed by atoms with Crippen LogP contribution in [0.3, 0.4) is 0 Å². The summed E-state index contributed by atoms with van der Waals surface area (Å²) in [7, 11) is -3.75. The summed E-state index contributed by atoms with van der Waals surface area (Å²) in [4.78, 5) is 8.00. The first-order chi connectivity index (χ1) is 13.0. The summed E-state index contributed by atoms with van der Waals surface area (Å²) >= 11 is 3.40. The van der Waals surface area contributed by atoms with Crippen LogP contribution in [0.1, 0.15) is 11.4 Å². The monoisotopic (exact) mass is 438 g/mol. The summed E-state index contributed by atoms with van der Waals surface area (Å²) in [5, 5.41) is 0. The van der Waals surface area contributed by atoms with Gasteiger partial charge in [-0.15, -0.1) is 0 Å². The van der Waals surface area contributed by atoms with Crippen LogP contribution in [0.5, 0.6) is 0 Å². The summed E-state index contributed by atoms with van der Waals surface area (Å²) in [5.41, 5.74) is 2.28. The van der Waals surface area contributed by atoms with Crippen molar-refractivity contribution in [1.29, 1.82) is 0 Å². The Morgan fingerprint density at radius 3 is 2.26 bits per heavy atom. The molecule has 1 aromatic heterocycles. The van der Waals surface area contributed by atoms with E-state index in [9.17, 15) is 8.42 Å². The van der Waals surface area contributed by atoms with Gasteiger partial charge in [-0.1, -0.05) is 58.4 Å². The molecule has 0 amide bonds. The molecule has 134 valence electrons. The van der Waals surface area contributed by atoms with Crippen LogP contribution < -0.4 is 0 Å². The van der Waals surface area contributed by atoms with Crippen LogP contribution in [0.25, 0.3) is 22.0 Å². The number of nitrogens with zero attached hydrogens (tertiary/aromatic N) is 1. The average Bonchev–Trinajstić information content (AvgIpc) is 3.11. The van der Waals surface area contributed by atoms with E-state index in [1.165, 1.54) is 0 Å². The molecule has 0 aliphatic heterocycles. The Kier molecular flexibility index (Phi) is 4.68. The lowest BCUT2D eigenvalue weighted by atomic mass is 10.2. The molecule has 0 bridgehead atoms. The number of aromatic amines is 1. The molecule has 0 atom stereocenters. The molecular weight excluding hydrogens is 424 g/mol. The standard InChI is InChI=1S/C21H15BrN2O2S/c22-16-12-10-15(11-13-16)14-20(27(25,26)17-6-2-1-3-7-17)21-23-18-8-4-5-9-19(18)24-21/h1-14H,(H,23,24)/b20-14+. The van der Waals surface area contributed by atoms with Gasteiger partial charge in [-0.2, -0.15) is 0 Å². The lowest BCUT2D eigenvalue weighted by molar-refractivity contribution is 0.606. The number of fused-ring (bicyclic) bond motifs is 1. The zero-order valence-electron chi connectivity index (χ0n) is 14.1. The molecule has 3 aromatic carbocycles. The molecule has 4 rings (SSSR count). The number of benzene rings is 3. The summed E-state index contributed by atoms with van der Waals surface area (Å²) in [6, 6.07) is 23.3. The molecule has 0 saturated carbocycles. The molecule has 0 aliphatic rings. The average molecular weight is 439 g/mol. The zero-order chi connectivity index (χ0) is 18.9. The van der Waals surface area contributed by atoms with E-state index >= 15 is 0 Å². The Balaban J connectivity index is 1.93. The number of imidazole rings is 1. The van der Waals surface area contributed by atoms with Crippen molar-refractivity contribution >= 4 is 47.8 Å². The minimum Gasteiger partial charge on any atom is -0.337 e. The highest BCUT2D eigenvalue weighted by Gasteiger charge is 2.25. The van der Waals surface area contributed by atoms with E-state index in [0.29, 0.717) is 5.82 Å². The topological polar surface area (TPSA) is 62.8 Å². The Morgan fingerprint density at radius 2 is 1.56 bits per heavy atom. The maximum atomic E-state index is 13.3. The summed E-state index contributed by atoms with van der Waals surface area (Å²) < 4.78 is 27.6. The Morgan fingerprint density at radius 1 is 0.889 bits per heavy atom. The largest absolute Gasteiger partial charge is 0.337 e. The highest BCUT2D eigenvalue weighted by Crippen LogP contribution is 2.30. The van der Waals surface area contributed by atoms with Gasteiger partial charge in [0.1, 0.15) is 10.7 Å². The van der Waals surface area contributed by atoms with Gasteiger partial charge >= 0.3 is 0 Å². The second-order valence-corrected chi connectivity index (χ2v) is 8.81. The molecule has 1 N–H and O–H groups in total. The first-order valence-corrected chi connectivity index (χ1v) is 10.5. The van der Waals surface area contributed by atoms with Gasteiger partial charge in [0.25, 0.3) is 0 Å². The maximum Gasteiger partial charge on any atom is 0.210 e. The van der Waals surface area contributed by atoms with Gasteiger partial charge in [-0.05, 0) is 48.0 Å². The molecule has 4 aromatic rings. The Labute approximate surface area is 165 Å². The molecule has 27 heavy (non-hydrogen) atoms. The van der Waals surface area contributed by atoms with Crippen molar-refractivity contribution in [3.05, 3.63) is 94.7 Å². The van der Waals surface area contributed by atoms with Gasteiger partial charge in [-0.3, -0.25) is 0 Å². The predicted molar refractivity (Wildman–Crippen MR) is 112 cm³/mol. The molecule has 0 radical (unpaired) electrons. The fourth-order valence-electron chi connectivity index (χ4n) is 2.78. The van der Waals surface area contributed by atoms with E-state index in [1.54, 1.807) is 36.4 Å². The second kappa shape index (κ2) is 7.13. The Hall–Kier alpha value is -2.70.